The Morgan fingerprint density at radius 1 is 1.06 bits per heavy atom. The summed E-state index contributed by atoms with van der Waals surface area (Å²) in [6.07, 6.45) is 7.83. The number of hydrazone groups is 1. The molecule has 6 rings (SSSR count). The van der Waals surface area contributed by atoms with Crippen LogP contribution < -0.4 is 9.47 Å². The van der Waals surface area contributed by atoms with Crippen LogP contribution in [0, 0.1) is 5.92 Å². The van der Waals surface area contributed by atoms with E-state index in [9.17, 15) is 9.59 Å². The van der Waals surface area contributed by atoms with Crippen LogP contribution in [0.3, 0.4) is 0 Å². The predicted molar refractivity (Wildman–Crippen MR) is 127 cm³/mol. The Hall–Kier alpha value is -4.27. The lowest BCUT2D eigenvalue weighted by molar-refractivity contribution is -0.137. The number of allylic oxidation sites excluding steroid dienone is 1. The van der Waals surface area contributed by atoms with Gasteiger partial charge in [-0.1, -0.05) is 0 Å². The molecule has 1 aliphatic carbocycles. The van der Waals surface area contributed by atoms with Crippen molar-refractivity contribution in [2.24, 2.45) is 11.0 Å². The van der Waals surface area contributed by atoms with Gasteiger partial charge in [-0.2, -0.15) is 5.10 Å². The molecule has 0 radical (unpaired) electrons. The first-order chi connectivity index (χ1) is 17.7. The van der Waals surface area contributed by atoms with Gasteiger partial charge in [-0.15, -0.1) is 0 Å². The first-order valence-electron chi connectivity index (χ1n) is 11.9. The molecule has 2 aromatic heterocycles. The minimum atomic E-state index is -0.627. The molecule has 4 heterocycles. The third kappa shape index (κ3) is 4.17. The molecule has 1 fully saturated rings. The van der Waals surface area contributed by atoms with Gasteiger partial charge in [-0.25, -0.2) is 9.80 Å². The van der Waals surface area contributed by atoms with E-state index in [1.807, 2.05) is 24.3 Å². The van der Waals surface area contributed by atoms with Gasteiger partial charge in [0.1, 0.15) is 30.8 Å². The van der Waals surface area contributed by atoms with Gasteiger partial charge in [0, 0.05) is 5.92 Å². The maximum atomic E-state index is 13.3. The molecule has 184 valence electrons. The van der Waals surface area contributed by atoms with E-state index in [2.05, 4.69) is 0 Å². The topological polar surface area (TPSA) is 104 Å². The van der Waals surface area contributed by atoms with Crippen LogP contribution in [0.5, 0.6) is 11.5 Å². The number of carbonyl (C=O) groups is 2. The van der Waals surface area contributed by atoms with Crippen LogP contribution in [0.4, 0.5) is 0 Å². The highest BCUT2D eigenvalue weighted by Crippen LogP contribution is 2.44. The molecule has 2 aliphatic heterocycles. The molecule has 2 unspecified atom stereocenters. The summed E-state index contributed by atoms with van der Waals surface area (Å²) in [5.74, 6) is 1.35. The maximum absolute atomic E-state index is 13.3. The normalized spacial score (nSPS) is 21.7. The van der Waals surface area contributed by atoms with Crippen LogP contribution >= 0.6 is 0 Å². The van der Waals surface area contributed by atoms with E-state index in [0.29, 0.717) is 30.5 Å². The third-order valence-corrected chi connectivity index (χ3v) is 6.56. The number of rotatable bonds is 5. The standard InChI is InChI=1S/C27H24N2O7/c30-24(16-36-27(31)18-8-9-21-23(15-18)35-13-12-34-21)29-26(22-7-3-11-33-22)20-6-1-4-17(25(20)28-29)14-19-5-2-10-32-19/h2-3,5,7-11,14-15,20,26H,1,4,6,12-13,16H2. The number of esters is 1. The smallest absolute Gasteiger partial charge is 0.338 e. The number of benzene rings is 1. The second kappa shape index (κ2) is 9.41. The van der Waals surface area contributed by atoms with Crippen LogP contribution in [0.15, 0.2) is 74.5 Å². The summed E-state index contributed by atoms with van der Waals surface area (Å²) < 4.78 is 27.6. The molecule has 0 N–H and O–H groups in total. The molecule has 9 nitrogen and oxygen atoms in total. The number of amides is 1. The molecule has 0 saturated heterocycles. The highest BCUT2D eigenvalue weighted by atomic mass is 16.6. The van der Waals surface area contributed by atoms with Crippen molar-refractivity contribution in [1.29, 1.82) is 0 Å². The van der Waals surface area contributed by atoms with Gasteiger partial charge in [0.15, 0.2) is 18.1 Å². The second-order valence-corrected chi connectivity index (χ2v) is 8.80. The number of ether oxygens (including phenoxy) is 3. The minimum absolute atomic E-state index is 0.0245. The fourth-order valence-corrected chi connectivity index (χ4v) is 4.94. The molecule has 3 aromatic rings. The van der Waals surface area contributed by atoms with Gasteiger partial charge in [0.05, 0.1) is 23.8 Å². The summed E-state index contributed by atoms with van der Waals surface area (Å²) in [6.45, 7) is 0.413. The highest BCUT2D eigenvalue weighted by molar-refractivity contribution is 6.08. The van der Waals surface area contributed by atoms with Crippen LogP contribution in [0.25, 0.3) is 6.08 Å². The quantitative estimate of drug-likeness (QED) is 0.483. The largest absolute Gasteiger partial charge is 0.486 e. The molecule has 1 aromatic carbocycles. The summed E-state index contributed by atoms with van der Waals surface area (Å²) in [4.78, 5) is 26.0. The number of furan rings is 2. The molecule has 0 bridgehead atoms. The molecule has 1 saturated carbocycles. The average molecular weight is 488 g/mol. The Bertz CT molecular complexity index is 1320. The summed E-state index contributed by atoms with van der Waals surface area (Å²) in [5, 5.41) is 6.12. The SMILES string of the molecule is O=C(OCC(=O)N1N=C2C(=Cc3ccco3)CCCC2C1c1ccco1)c1ccc2c(c1)OCCO2. The first-order valence-corrected chi connectivity index (χ1v) is 11.9. The number of hydrogen-bond donors (Lipinski definition) is 0. The molecule has 0 spiro atoms. The summed E-state index contributed by atoms with van der Waals surface area (Å²) in [6, 6.07) is 11.7. The number of hydrogen-bond acceptors (Lipinski definition) is 8. The van der Waals surface area contributed by atoms with E-state index in [1.54, 1.807) is 36.8 Å². The van der Waals surface area contributed by atoms with E-state index >= 15 is 0 Å². The first kappa shape index (κ1) is 22.2. The molecule has 36 heavy (non-hydrogen) atoms. The van der Waals surface area contributed by atoms with E-state index in [1.165, 1.54) is 5.01 Å². The lowest BCUT2D eigenvalue weighted by Gasteiger charge is -2.27. The van der Waals surface area contributed by atoms with Crippen LogP contribution in [0.2, 0.25) is 0 Å². The van der Waals surface area contributed by atoms with E-state index in [0.717, 1.165) is 36.3 Å². The zero-order valence-corrected chi connectivity index (χ0v) is 19.4. The summed E-state index contributed by atoms with van der Waals surface area (Å²) >= 11 is 0. The number of fused-ring (bicyclic) bond motifs is 2. The van der Waals surface area contributed by atoms with Crippen LogP contribution in [0.1, 0.15) is 47.2 Å². The Balaban J connectivity index is 1.22. The number of nitrogens with zero attached hydrogens (tertiary/aromatic N) is 2. The highest BCUT2D eigenvalue weighted by Gasteiger charge is 2.45. The zero-order chi connectivity index (χ0) is 24.5. The van der Waals surface area contributed by atoms with Gasteiger partial charge >= 0.3 is 5.97 Å². The average Bonchev–Trinajstić information content (AvgIpc) is 3.68. The van der Waals surface area contributed by atoms with Gasteiger partial charge in [0.2, 0.25) is 0 Å². The van der Waals surface area contributed by atoms with Gasteiger partial charge in [-0.05, 0) is 73.4 Å². The number of carbonyl (C=O) groups excluding carboxylic acids is 2. The monoisotopic (exact) mass is 488 g/mol. The van der Waals surface area contributed by atoms with Gasteiger partial charge in [0.25, 0.3) is 5.91 Å². The van der Waals surface area contributed by atoms with Crippen LogP contribution in [-0.2, 0) is 9.53 Å². The lowest BCUT2D eigenvalue weighted by atomic mass is 9.79. The molecule has 2 atom stereocenters. The Morgan fingerprint density at radius 3 is 2.69 bits per heavy atom. The van der Waals surface area contributed by atoms with Crippen molar-refractivity contribution < 1.29 is 32.6 Å². The molecule has 9 heteroatoms. The van der Waals surface area contributed by atoms with Crippen molar-refractivity contribution in [2.45, 2.75) is 25.3 Å². The van der Waals surface area contributed by atoms with Crippen LogP contribution in [-0.4, -0.2) is 42.4 Å². The fraction of sp³-hybridized carbons (Fsp3) is 0.296. The van der Waals surface area contributed by atoms with Crippen molar-refractivity contribution >= 4 is 23.7 Å². The Kier molecular flexibility index (Phi) is 5.80. The fourth-order valence-electron chi connectivity index (χ4n) is 4.94. The van der Waals surface area contributed by atoms with Gasteiger partial charge in [-0.3, -0.25) is 4.79 Å². The summed E-state index contributed by atoms with van der Waals surface area (Å²) in [7, 11) is 0. The van der Waals surface area contributed by atoms with Crippen molar-refractivity contribution in [2.75, 3.05) is 19.8 Å². The van der Waals surface area contributed by atoms with Crippen molar-refractivity contribution in [3.8, 4) is 11.5 Å². The second-order valence-electron chi connectivity index (χ2n) is 8.80. The minimum Gasteiger partial charge on any atom is -0.486 e. The molecular weight excluding hydrogens is 464 g/mol. The Morgan fingerprint density at radius 2 is 1.89 bits per heavy atom. The third-order valence-electron chi connectivity index (χ3n) is 6.56. The zero-order valence-electron chi connectivity index (χ0n) is 19.4. The summed E-state index contributed by atoms with van der Waals surface area (Å²) in [5.41, 5.74) is 2.14. The van der Waals surface area contributed by atoms with E-state index in [4.69, 9.17) is 28.1 Å². The predicted octanol–water partition coefficient (Wildman–Crippen LogP) is 4.62. The van der Waals surface area contributed by atoms with E-state index in [-0.39, 0.29) is 11.5 Å². The Labute approximate surface area is 206 Å². The van der Waals surface area contributed by atoms with Crippen molar-refractivity contribution in [3.05, 3.63) is 77.6 Å². The molecule has 3 aliphatic rings. The van der Waals surface area contributed by atoms with E-state index < -0.39 is 24.5 Å². The molecular formula is C27H24N2O7. The van der Waals surface area contributed by atoms with Gasteiger partial charge < -0.3 is 23.0 Å². The lowest BCUT2D eigenvalue weighted by Crippen LogP contribution is -2.34. The van der Waals surface area contributed by atoms with Crippen molar-refractivity contribution in [3.63, 3.8) is 0 Å². The van der Waals surface area contributed by atoms with Crippen molar-refractivity contribution in [1.82, 2.24) is 5.01 Å². The molecule has 1 amide bonds. The maximum Gasteiger partial charge on any atom is 0.338 e.